The van der Waals surface area contributed by atoms with Crippen LogP contribution in [0.4, 0.5) is 4.39 Å². The Bertz CT molecular complexity index is 383. The van der Waals surface area contributed by atoms with E-state index in [0.29, 0.717) is 23.0 Å². The zero-order chi connectivity index (χ0) is 11.7. The largest absolute Gasteiger partial charge is 0.330 e. The van der Waals surface area contributed by atoms with Gasteiger partial charge in [0.15, 0.2) is 0 Å². The van der Waals surface area contributed by atoms with Crippen LogP contribution in [0.2, 0.25) is 5.02 Å². The smallest absolute Gasteiger partial charge is 0.128 e. The Morgan fingerprint density at radius 2 is 2.31 bits per heavy atom. The van der Waals surface area contributed by atoms with Crippen molar-refractivity contribution in [2.75, 3.05) is 20.1 Å². The third-order valence-electron chi connectivity index (χ3n) is 3.29. The van der Waals surface area contributed by atoms with E-state index in [1.54, 1.807) is 12.1 Å². The van der Waals surface area contributed by atoms with E-state index in [0.717, 1.165) is 13.0 Å². The molecule has 16 heavy (non-hydrogen) atoms. The Kier molecular flexibility index (Phi) is 3.47. The van der Waals surface area contributed by atoms with Crippen molar-refractivity contribution in [2.24, 2.45) is 11.7 Å². The topological polar surface area (TPSA) is 29.3 Å². The van der Waals surface area contributed by atoms with Gasteiger partial charge in [0, 0.05) is 23.2 Å². The SMILES string of the molecule is CN1CC(CN)CC1c1cc(Cl)ccc1F. The molecular weight excluding hydrogens is 227 g/mol. The van der Waals surface area contributed by atoms with Crippen LogP contribution < -0.4 is 5.73 Å². The van der Waals surface area contributed by atoms with Gasteiger partial charge in [0.05, 0.1) is 0 Å². The minimum absolute atomic E-state index is 0.104. The lowest BCUT2D eigenvalue weighted by Crippen LogP contribution is -2.21. The molecule has 1 heterocycles. The molecule has 1 aromatic carbocycles. The van der Waals surface area contributed by atoms with E-state index in [4.69, 9.17) is 17.3 Å². The van der Waals surface area contributed by atoms with E-state index in [1.165, 1.54) is 6.07 Å². The first kappa shape index (κ1) is 11.8. The summed E-state index contributed by atoms with van der Waals surface area (Å²) in [6.07, 6.45) is 0.907. The molecule has 0 spiro atoms. The second-order valence-corrected chi connectivity index (χ2v) is 4.90. The molecule has 0 saturated carbocycles. The first-order chi connectivity index (χ1) is 7.61. The summed E-state index contributed by atoms with van der Waals surface area (Å²) in [6, 6.07) is 4.83. The maximum atomic E-state index is 13.7. The van der Waals surface area contributed by atoms with Crippen molar-refractivity contribution in [3.8, 4) is 0 Å². The van der Waals surface area contributed by atoms with Crippen LogP contribution in [0.1, 0.15) is 18.0 Å². The Morgan fingerprint density at radius 3 is 2.94 bits per heavy atom. The van der Waals surface area contributed by atoms with Crippen LogP contribution in [0.25, 0.3) is 0 Å². The number of halogens is 2. The number of nitrogens with two attached hydrogens (primary N) is 1. The second kappa shape index (κ2) is 4.70. The normalized spacial score (nSPS) is 26.2. The zero-order valence-electron chi connectivity index (χ0n) is 9.29. The number of rotatable bonds is 2. The van der Waals surface area contributed by atoms with E-state index in [9.17, 15) is 4.39 Å². The van der Waals surface area contributed by atoms with E-state index >= 15 is 0 Å². The van der Waals surface area contributed by atoms with Gasteiger partial charge >= 0.3 is 0 Å². The molecular formula is C12H16ClFN2. The molecule has 1 saturated heterocycles. The molecule has 4 heteroatoms. The summed E-state index contributed by atoms with van der Waals surface area (Å²) >= 11 is 5.90. The Morgan fingerprint density at radius 1 is 1.56 bits per heavy atom. The van der Waals surface area contributed by atoms with E-state index in [1.807, 2.05) is 7.05 Å². The molecule has 0 radical (unpaired) electrons. The highest BCUT2D eigenvalue weighted by molar-refractivity contribution is 6.30. The molecule has 2 N–H and O–H groups in total. The second-order valence-electron chi connectivity index (χ2n) is 4.46. The molecule has 2 unspecified atom stereocenters. The molecule has 1 aromatic rings. The van der Waals surface area contributed by atoms with Crippen molar-refractivity contribution in [1.82, 2.24) is 4.90 Å². The summed E-state index contributed by atoms with van der Waals surface area (Å²) in [7, 11) is 2.00. The van der Waals surface area contributed by atoms with Crippen molar-refractivity contribution in [2.45, 2.75) is 12.5 Å². The highest BCUT2D eigenvalue weighted by Crippen LogP contribution is 2.35. The third kappa shape index (κ3) is 2.21. The summed E-state index contributed by atoms with van der Waals surface area (Å²) < 4.78 is 13.7. The molecule has 0 bridgehead atoms. The number of hydrogen-bond acceptors (Lipinski definition) is 2. The first-order valence-electron chi connectivity index (χ1n) is 5.47. The lowest BCUT2D eigenvalue weighted by molar-refractivity contribution is 0.307. The lowest BCUT2D eigenvalue weighted by Gasteiger charge is -2.20. The van der Waals surface area contributed by atoms with Gasteiger partial charge in [-0.2, -0.15) is 0 Å². The summed E-state index contributed by atoms with van der Waals surface area (Å²) in [5.74, 6) is 0.271. The number of likely N-dealkylation sites (tertiary alicyclic amines) is 1. The fraction of sp³-hybridized carbons (Fsp3) is 0.500. The van der Waals surface area contributed by atoms with Gasteiger partial charge in [-0.1, -0.05) is 11.6 Å². The van der Waals surface area contributed by atoms with Gasteiger partial charge in [0.25, 0.3) is 0 Å². The number of benzene rings is 1. The third-order valence-corrected chi connectivity index (χ3v) is 3.52. The minimum atomic E-state index is -0.182. The van der Waals surface area contributed by atoms with Crippen LogP contribution in [-0.4, -0.2) is 25.0 Å². The van der Waals surface area contributed by atoms with Crippen molar-refractivity contribution < 1.29 is 4.39 Å². The van der Waals surface area contributed by atoms with E-state index in [-0.39, 0.29) is 11.9 Å². The van der Waals surface area contributed by atoms with Crippen molar-refractivity contribution in [1.29, 1.82) is 0 Å². The predicted octanol–water partition coefficient (Wildman–Crippen LogP) is 2.43. The molecule has 1 aliphatic heterocycles. The highest BCUT2D eigenvalue weighted by atomic mass is 35.5. The predicted molar refractivity (Wildman–Crippen MR) is 63.9 cm³/mol. The number of nitrogens with zero attached hydrogens (tertiary/aromatic N) is 1. The van der Waals surface area contributed by atoms with Crippen LogP contribution in [0.15, 0.2) is 18.2 Å². The molecule has 1 fully saturated rings. The summed E-state index contributed by atoms with van der Waals surface area (Å²) in [4.78, 5) is 2.15. The van der Waals surface area contributed by atoms with Crippen LogP contribution in [0, 0.1) is 11.7 Å². The van der Waals surface area contributed by atoms with Gasteiger partial charge in [-0.15, -0.1) is 0 Å². The first-order valence-corrected chi connectivity index (χ1v) is 5.85. The average molecular weight is 243 g/mol. The maximum absolute atomic E-state index is 13.7. The fourth-order valence-corrected chi connectivity index (χ4v) is 2.59. The standard InChI is InChI=1S/C12H16ClFN2/c1-16-7-8(6-15)4-12(16)10-5-9(13)2-3-11(10)14/h2-3,5,8,12H,4,6-7,15H2,1H3. The van der Waals surface area contributed by atoms with Gasteiger partial charge in [-0.3, -0.25) is 4.90 Å². The summed E-state index contributed by atoms with van der Waals surface area (Å²) in [6.45, 7) is 1.58. The molecule has 0 amide bonds. The molecule has 2 rings (SSSR count). The summed E-state index contributed by atoms with van der Waals surface area (Å²) in [5, 5.41) is 0.584. The van der Waals surface area contributed by atoms with Crippen LogP contribution in [0.3, 0.4) is 0 Å². The number of hydrogen-bond donors (Lipinski definition) is 1. The average Bonchev–Trinajstić information content (AvgIpc) is 2.63. The van der Waals surface area contributed by atoms with Gasteiger partial charge in [0.1, 0.15) is 5.82 Å². The maximum Gasteiger partial charge on any atom is 0.128 e. The summed E-state index contributed by atoms with van der Waals surface area (Å²) in [5.41, 5.74) is 6.34. The Hall–Kier alpha value is -0.640. The molecule has 0 aliphatic carbocycles. The van der Waals surface area contributed by atoms with Crippen molar-refractivity contribution >= 4 is 11.6 Å². The minimum Gasteiger partial charge on any atom is -0.330 e. The monoisotopic (exact) mass is 242 g/mol. The van der Waals surface area contributed by atoms with Crippen LogP contribution >= 0.6 is 11.6 Å². The molecule has 2 nitrogen and oxygen atoms in total. The van der Waals surface area contributed by atoms with E-state index < -0.39 is 0 Å². The van der Waals surface area contributed by atoms with Crippen molar-refractivity contribution in [3.05, 3.63) is 34.6 Å². The Labute approximate surface area is 100 Å². The van der Waals surface area contributed by atoms with Crippen LogP contribution in [0.5, 0.6) is 0 Å². The van der Waals surface area contributed by atoms with Gasteiger partial charge in [-0.05, 0) is 44.1 Å². The zero-order valence-corrected chi connectivity index (χ0v) is 10.0. The van der Waals surface area contributed by atoms with Crippen LogP contribution in [-0.2, 0) is 0 Å². The molecule has 88 valence electrons. The highest BCUT2D eigenvalue weighted by Gasteiger charge is 2.31. The Balaban J connectivity index is 2.27. The van der Waals surface area contributed by atoms with Gasteiger partial charge in [-0.25, -0.2) is 4.39 Å². The molecule has 1 aliphatic rings. The quantitative estimate of drug-likeness (QED) is 0.863. The fourth-order valence-electron chi connectivity index (χ4n) is 2.41. The van der Waals surface area contributed by atoms with Gasteiger partial charge in [0.2, 0.25) is 0 Å². The van der Waals surface area contributed by atoms with Gasteiger partial charge < -0.3 is 5.73 Å². The van der Waals surface area contributed by atoms with Crippen molar-refractivity contribution in [3.63, 3.8) is 0 Å². The van der Waals surface area contributed by atoms with E-state index in [2.05, 4.69) is 4.90 Å². The molecule has 0 aromatic heterocycles. The lowest BCUT2D eigenvalue weighted by atomic mass is 9.99. The molecule has 2 atom stereocenters.